The molecule has 1 rings (SSSR count). The number of likely N-dealkylation sites (N-methyl/N-ethyl adjacent to an activating group) is 1. The fourth-order valence-electron chi connectivity index (χ4n) is 1.54. The Morgan fingerprint density at radius 3 is 2.47 bits per heavy atom. The molecule has 5 nitrogen and oxygen atoms in total. The van der Waals surface area contributed by atoms with E-state index in [0.29, 0.717) is 0 Å². The lowest BCUT2D eigenvalue weighted by molar-refractivity contribution is 0.0640. The molecule has 0 aromatic heterocycles. The molecular weight excluding hydrogens is 295 g/mol. The van der Waals surface area contributed by atoms with Crippen LogP contribution in [0.4, 0.5) is 10.1 Å². The zero-order chi connectivity index (χ0) is 15.0. The van der Waals surface area contributed by atoms with E-state index < -0.39 is 21.4 Å². The van der Waals surface area contributed by atoms with E-state index in [2.05, 4.69) is 0 Å². The van der Waals surface area contributed by atoms with Crippen molar-refractivity contribution in [2.24, 2.45) is 0 Å². The number of nitrogen functional groups attached to an aromatic ring is 1. The first-order chi connectivity index (χ1) is 8.45. The maximum absolute atomic E-state index is 13.2. The van der Waals surface area contributed by atoms with Crippen molar-refractivity contribution in [2.75, 3.05) is 19.3 Å². The molecule has 0 unspecified atom stereocenters. The highest BCUT2D eigenvalue weighted by atomic mass is 35.5. The fraction of sp³-hybridized carbons (Fsp3) is 0.455. The average molecular weight is 311 g/mol. The van der Waals surface area contributed by atoms with Gasteiger partial charge in [0.25, 0.3) is 0 Å². The highest BCUT2D eigenvalue weighted by Crippen LogP contribution is 2.28. The van der Waals surface area contributed by atoms with E-state index >= 15 is 0 Å². The Morgan fingerprint density at radius 2 is 2.00 bits per heavy atom. The quantitative estimate of drug-likeness (QED) is 0.825. The van der Waals surface area contributed by atoms with Gasteiger partial charge in [-0.2, -0.15) is 4.31 Å². The number of halogens is 2. The molecule has 1 aromatic carbocycles. The highest BCUT2D eigenvalue weighted by Gasteiger charge is 2.28. The lowest BCUT2D eigenvalue weighted by Crippen LogP contribution is -2.39. The van der Waals surface area contributed by atoms with Gasteiger partial charge in [0.1, 0.15) is 10.7 Å². The molecule has 0 fully saturated rings. The second kappa shape index (κ2) is 5.24. The zero-order valence-corrected chi connectivity index (χ0v) is 12.4. The summed E-state index contributed by atoms with van der Waals surface area (Å²) in [6.07, 6.45) is 0. The molecule has 0 amide bonds. The number of benzene rings is 1. The van der Waals surface area contributed by atoms with Crippen LogP contribution in [0.25, 0.3) is 0 Å². The SMILES string of the molecule is CN(CC(C)(C)O)S(=O)(=O)c1cc(N)c(F)cc1Cl. The molecule has 108 valence electrons. The van der Waals surface area contributed by atoms with E-state index in [1.54, 1.807) is 0 Å². The van der Waals surface area contributed by atoms with Gasteiger partial charge < -0.3 is 10.8 Å². The second-order valence-electron chi connectivity index (χ2n) is 4.88. The molecule has 0 saturated carbocycles. The predicted octanol–water partition coefficient (Wildman–Crippen LogP) is 1.45. The summed E-state index contributed by atoms with van der Waals surface area (Å²) in [7, 11) is -2.65. The minimum atomic E-state index is -3.95. The van der Waals surface area contributed by atoms with Crippen LogP contribution in [0.15, 0.2) is 17.0 Å². The summed E-state index contributed by atoms with van der Waals surface area (Å²) in [5.41, 5.74) is 3.83. The minimum absolute atomic E-state index is 0.136. The topological polar surface area (TPSA) is 83.6 Å². The van der Waals surface area contributed by atoms with Gasteiger partial charge >= 0.3 is 0 Å². The largest absolute Gasteiger partial charge is 0.396 e. The number of nitrogens with zero attached hydrogens (tertiary/aromatic N) is 1. The van der Waals surface area contributed by atoms with Crippen LogP contribution in [0.5, 0.6) is 0 Å². The molecule has 0 aliphatic carbocycles. The summed E-state index contributed by atoms with van der Waals surface area (Å²) >= 11 is 5.74. The molecule has 19 heavy (non-hydrogen) atoms. The number of hydrogen-bond donors (Lipinski definition) is 2. The van der Waals surface area contributed by atoms with E-state index in [1.165, 1.54) is 20.9 Å². The number of sulfonamides is 1. The van der Waals surface area contributed by atoms with E-state index in [-0.39, 0.29) is 22.2 Å². The van der Waals surface area contributed by atoms with Gasteiger partial charge in [-0.15, -0.1) is 0 Å². The van der Waals surface area contributed by atoms with Crippen LogP contribution in [-0.4, -0.2) is 37.0 Å². The van der Waals surface area contributed by atoms with Gasteiger partial charge in [-0.05, 0) is 26.0 Å². The lowest BCUT2D eigenvalue weighted by atomic mass is 10.1. The maximum atomic E-state index is 13.2. The van der Waals surface area contributed by atoms with E-state index in [0.717, 1.165) is 16.4 Å². The Morgan fingerprint density at radius 1 is 1.47 bits per heavy atom. The third-order valence-corrected chi connectivity index (χ3v) is 4.62. The third-order valence-electron chi connectivity index (χ3n) is 2.35. The second-order valence-corrected chi connectivity index (χ2v) is 7.30. The first-order valence-electron chi connectivity index (χ1n) is 5.38. The lowest BCUT2D eigenvalue weighted by Gasteiger charge is -2.25. The highest BCUT2D eigenvalue weighted by molar-refractivity contribution is 7.89. The van der Waals surface area contributed by atoms with Gasteiger partial charge in [0.05, 0.1) is 16.3 Å². The molecule has 3 N–H and O–H groups in total. The summed E-state index contributed by atoms with van der Waals surface area (Å²) in [6.45, 7) is 2.81. The monoisotopic (exact) mass is 310 g/mol. The van der Waals surface area contributed by atoms with Crippen molar-refractivity contribution in [1.29, 1.82) is 0 Å². The van der Waals surface area contributed by atoms with Crippen molar-refractivity contribution in [2.45, 2.75) is 24.3 Å². The molecule has 1 aromatic rings. The van der Waals surface area contributed by atoms with Crippen molar-refractivity contribution < 1.29 is 17.9 Å². The first-order valence-corrected chi connectivity index (χ1v) is 7.20. The zero-order valence-electron chi connectivity index (χ0n) is 10.8. The number of anilines is 1. The molecule has 8 heteroatoms. The number of nitrogens with two attached hydrogens (primary N) is 1. The minimum Gasteiger partial charge on any atom is -0.396 e. The Bertz CT molecular complexity index is 584. The molecule has 0 atom stereocenters. The van der Waals surface area contributed by atoms with Crippen LogP contribution in [0.1, 0.15) is 13.8 Å². The van der Waals surface area contributed by atoms with E-state index in [4.69, 9.17) is 17.3 Å². The molecule has 0 saturated heterocycles. The fourth-order valence-corrected chi connectivity index (χ4v) is 3.39. The number of rotatable bonds is 4. The standard InChI is InChI=1S/C11H16ClFN2O3S/c1-11(2,16)6-15(3)19(17,18)10-5-9(14)8(13)4-7(10)12/h4-5,16H,6,14H2,1-3H3. The van der Waals surface area contributed by atoms with Gasteiger partial charge in [-0.1, -0.05) is 11.6 Å². The van der Waals surface area contributed by atoms with E-state index in [1.807, 2.05) is 0 Å². The van der Waals surface area contributed by atoms with Gasteiger partial charge in [0.2, 0.25) is 10.0 Å². The van der Waals surface area contributed by atoms with Crippen LogP contribution >= 0.6 is 11.6 Å². The number of hydrogen-bond acceptors (Lipinski definition) is 4. The summed E-state index contributed by atoms with van der Waals surface area (Å²) < 4.78 is 38.6. The summed E-state index contributed by atoms with van der Waals surface area (Å²) in [5.74, 6) is -0.783. The number of aliphatic hydroxyl groups is 1. The van der Waals surface area contributed by atoms with Crippen molar-refractivity contribution in [1.82, 2.24) is 4.31 Å². The van der Waals surface area contributed by atoms with Crippen LogP contribution in [0, 0.1) is 5.82 Å². The van der Waals surface area contributed by atoms with Crippen LogP contribution < -0.4 is 5.73 Å². The smallest absolute Gasteiger partial charge is 0.244 e. The average Bonchev–Trinajstić information content (AvgIpc) is 2.20. The predicted molar refractivity (Wildman–Crippen MR) is 71.9 cm³/mol. The Hall–Kier alpha value is -0.890. The van der Waals surface area contributed by atoms with Gasteiger partial charge in [0.15, 0.2) is 0 Å². The van der Waals surface area contributed by atoms with Gasteiger partial charge in [0, 0.05) is 13.6 Å². The van der Waals surface area contributed by atoms with Crippen LogP contribution in [-0.2, 0) is 10.0 Å². The van der Waals surface area contributed by atoms with Gasteiger partial charge in [-0.25, -0.2) is 12.8 Å². The summed E-state index contributed by atoms with van der Waals surface area (Å²) in [4.78, 5) is -0.292. The molecule has 0 heterocycles. The molecule has 0 spiro atoms. The van der Waals surface area contributed by atoms with Crippen molar-refractivity contribution in [3.05, 3.63) is 23.0 Å². The van der Waals surface area contributed by atoms with Crippen LogP contribution in [0.2, 0.25) is 5.02 Å². The van der Waals surface area contributed by atoms with E-state index in [9.17, 15) is 17.9 Å². The van der Waals surface area contributed by atoms with Crippen molar-refractivity contribution in [3.8, 4) is 0 Å². The molecule has 0 aliphatic rings. The van der Waals surface area contributed by atoms with Gasteiger partial charge in [-0.3, -0.25) is 0 Å². The molecular formula is C11H16ClFN2O3S. The molecule has 0 aliphatic heterocycles. The van der Waals surface area contributed by atoms with Crippen molar-refractivity contribution in [3.63, 3.8) is 0 Å². The van der Waals surface area contributed by atoms with Crippen molar-refractivity contribution >= 4 is 27.3 Å². The Kier molecular flexibility index (Phi) is 4.46. The first kappa shape index (κ1) is 16.2. The summed E-state index contributed by atoms with van der Waals surface area (Å²) in [5, 5.41) is 9.39. The van der Waals surface area contributed by atoms with Crippen LogP contribution in [0.3, 0.4) is 0 Å². The third kappa shape index (κ3) is 3.79. The summed E-state index contributed by atoms with van der Waals surface area (Å²) in [6, 6.07) is 1.82. The maximum Gasteiger partial charge on any atom is 0.244 e. The molecule has 0 bridgehead atoms. The molecule has 0 radical (unpaired) electrons. The Labute approximate surface area is 116 Å². The Balaban J connectivity index is 3.25. The normalized spacial score (nSPS) is 13.0.